The minimum Gasteiger partial charge on any atom is -0.340 e. The Morgan fingerprint density at radius 3 is 2.38 bits per heavy atom. The SMILES string of the molecule is CC1CCCN1C(=O)C1CCC(F)(F)CC1. The van der Waals surface area contributed by atoms with Gasteiger partial charge >= 0.3 is 0 Å². The van der Waals surface area contributed by atoms with Crippen LogP contribution in [-0.2, 0) is 4.79 Å². The van der Waals surface area contributed by atoms with Gasteiger partial charge in [-0.1, -0.05) is 0 Å². The maximum atomic E-state index is 13.0. The molecule has 2 rings (SSSR count). The van der Waals surface area contributed by atoms with E-state index in [2.05, 4.69) is 0 Å². The van der Waals surface area contributed by atoms with Crippen LogP contribution in [0, 0.1) is 5.92 Å². The standard InChI is InChI=1S/C12H19F2NO/c1-9-3-2-8-15(9)11(16)10-4-6-12(13,14)7-5-10/h9-10H,2-8H2,1H3. The number of hydrogen-bond donors (Lipinski definition) is 0. The van der Waals surface area contributed by atoms with Crippen molar-refractivity contribution < 1.29 is 13.6 Å². The molecule has 0 aromatic carbocycles. The van der Waals surface area contributed by atoms with E-state index >= 15 is 0 Å². The highest BCUT2D eigenvalue weighted by molar-refractivity contribution is 5.79. The number of rotatable bonds is 1. The first-order chi connectivity index (χ1) is 7.49. The smallest absolute Gasteiger partial charge is 0.248 e. The van der Waals surface area contributed by atoms with Crippen LogP contribution in [-0.4, -0.2) is 29.3 Å². The van der Waals surface area contributed by atoms with Crippen molar-refractivity contribution in [3.05, 3.63) is 0 Å². The van der Waals surface area contributed by atoms with Gasteiger partial charge in [-0.2, -0.15) is 0 Å². The molecule has 0 aromatic rings. The van der Waals surface area contributed by atoms with Gasteiger partial charge in [0.2, 0.25) is 11.8 Å². The quantitative estimate of drug-likeness (QED) is 0.679. The summed E-state index contributed by atoms with van der Waals surface area (Å²) in [5, 5.41) is 0. The molecule has 1 aliphatic carbocycles. The van der Waals surface area contributed by atoms with E-state index < -0.39 is 5.92 Å². The fourth-order valence-electron chi connectivity index (χ4n) is 2.78. The number of hydrogen-bond acceptors (Lipinski definition) is 1. The Kier molecular flexibility index (Phi) is 3.17. The molecule has 1 amide bonds. The zero-order chi connectivity index (χ0) is 11.8. The number of halogens is 2. The molecular weight excluding hydrogens is 212 g/mol. The van der Waals surface area contributed by atoms with Gasteiger partial charge in [0.05, 0.1) is 0 Å². The van der Waals surface area contributed by atoms with E-state index in [9.17, 15) is 13.6 Å². The molecule has 1 heterocycles. The summed E-state index contributed by atoms with van der Waals surface area (Å²) in [5.41, 5.74) is 0. The first kappa shape index (κ1) is 11.8. The third kappa shape index (κ3) is 2.36. The Morgan fingerprint density at radius 2 is 1.88 bits per heavy atom. The summed E-state index contributed by atoms with van der Waals surface area (Å²) < 4.78 is 25.9. The van der Waals surface area contributed by atoms with Crippen LogP contribution < -0.4 is 0 Å². The average Bonchev–Trinajstić information content (AvgIpc) is 2.63. The van der Waals surface area contributed by atoms with Gasteiger partial charge in [0.15, 0.2) is 0 Å². The van der Waals surface area contributed by atoms with Crippen LogP contribution in [0.3, 0.4) is 0 Å². The lowest BCUT2D eigenvalue weighted by atomic mass is 9.86. The van der Waals surface area contributed by atoms with E-state index in [4.69, 9.17) is 0 Å². The first-order valence-corrected chi connectivity index (χ1v) is 6.18. The Labute approximate surface area is 95.0 Å². The van der Waals surface area contributed by atoms with Crippen molar-refractivity contribution in [2.24, 2.45) is 5.92 Å². The fourth-order valence-corrected chi connectivity index (χ4v) is 2.78. The van der Waals surface area contributed by atoms with Crippen LogP contribution in [0.25, 0.3) is 0 Å². The minimum absolute atomic E-state index is 0.112. The Hall–Kier alpha value is -0.670. The molecule has 0 aromatic heterocycles. The predicted molar refractivity (Wildman–Crippen MR) is 57.3 cm³/mol. The summed E-state index contributed by atoms with van der Waals surface area (Å²) in [4.78, 5) is 14.0. The van der Waals surface area contributed by atoms with Crippen LogP contribution in [0.15, 0.2) is 0 Å². The van der Waals surface area contributed by atoms with Crippen LogP contribution in [0.2, 0.25) is 0 Å². The van der Waals surface area contributed by atoms with Crippen molar-refractivity contribution in [3.63, 3.8) is 0 Å². The van der Waals surface area contributed by atoms with Gasteiger partial charge in [0.25, 0.3) is 0 Å². The normalized spacial score (nSPS) is 30.7. The van der Waals surface area contributed by atoms with Gasteiger partial charge < -0.3 is 4.90 Å². The van der Waals surface area contributed by atoms with Crippen molar-refractivity contribution in [2.45, 2.75) is 57.4 Å². The third-order valence-electron chi connectivity index (χ3n) is 3.90. The highest BCUT2D eigenvalue weighted by Crippen LogP contribution is 2.37. The van der Waals surface area contributed by atoms with Crippen LogP contribution in [0.4, 0.5) is 8.78 Å². The number of carbonyl (C=O) groups is 1. The molecule has 4 heteroatoms. The second-order valence-corrected chi connectivity index (χ2v) is 5.15. The molecule has 1 aliphatic heterocycles. The average molecular weight is 231 g/mol. The molecule has 1 saturated heterocycles. The van der Waals surface area contributed by atoms with E-state index in [1.54, 1.807) is 0 Å². The zero-order valence-electron chi connectivity index (χ0n) is 9.72. The number of nitrogens with zero attached hydrogens (tertiary/aromatic N) is 1. The zero-order valence-corrected chi connectivity index (χ0v) is 9.72. The van der Waals surface area contributed by atoms with Gasteiger partial charge in [-0.25, -0.2) is 8.78 Å². The van der Waals surface area contributed by atoms with E-state index in [0.29, 0.717) is 18.9 Å². The summed E-state index contributed by atoms with van der Waals surface area (Å²) >= 11 is 0. The van der Waals surface area contributed by atoms with Gasteiger partial charge in [0.1, 0.15) is 0 Å². The summed E-state index contributed by atoms with van der Waals surface area (Å²) in [5.74, 6) is -2.58. The summed E-state index contributed by atoms with van der Waals surface area (Å²) in [6.45, 7) is 2.86. The van der Waals surface area contributed by atoms with Crippen LogP contribution in [0.1, 0.15) is 45.4 Å². The van der Waals surface area contributed by atoms with E-state index in [-0.39, 0.29) is 24.7 Å². The maximum absolute atomic E-state index is 13.0. The topological polar surface area (TPSA) is 20.3 Å². The third-order valence-corrected chi connectivity index (χ3v) is 3.90. The Bertz CT molecular complexity index is 270. The van der Waals surface area contributed by atoms with Crippen molar-refractivity contribution in [2.75, 3.05) is 6.54 Å². The second-order valence-electron chi connectivity index (χ2n) is 5.15. The molecule has 0 N–H and O–H groups in total. The lowest BCUT2D eigenvalue weighted by Crippen LogP contribution is -2.40. The molecule has 1 atom stereocenters. The van der Waals surface area contributed by atoms with Gasteiger partial charge in [0, 0.05) is 31.3 Å². The largest absolute Gasteiger partial charge is 0.340 e. The van der Waals surface area contributed by atoms with Crippen LogP contribution in [0.5, 0.6) is 0 Å². The van der Waals surface area contributed by atoms with Crippen LogP contribution >= 0.6 is 0 Å². The van der Waals surface area contributed by atoms with Gasteiger partial charge in [-0.05, 0) is 32.6 Å². The minimum atomic E-state index is -2.53. The van der Waals surface area contributed by atoms with Crippen molar-refractivity contribution in [1.29, 1.82) is 0 Å². The van der Waals surface area contributed by atoms with E-state index in [0.717, 1.165) is 19.4 Å². The second kappa shape index (κ2) is 4.30. The van der Waals surface area contributed by atoms with Crippen molar-refractivity contribution in [3.8, 4) is 0 Å². The molecule has 92 valence electrons. The predicted octanol–water partition coefficient (Wildman–Crippen LogP) is 2.82. The molecule has 0 bridgehead atoms. The lowest BCUT2D eigenvalue weighted by Gasteiger charge is -2.31. The summed E-state index contributed by atoms with van der Waals surface area (Å²) in [6, 6.07) is 0.301. The summed E-state index contributed by atoms with van der Waals surface area (Å²) in [7, 11) is 0. The molecule has 2 aliphatic rings. The molecule has 0 radical (unpaired) electrons. The number of alkyl halides is 2. The number of amides is 1. The molecule has 2 nitrogen and oxygen atoms in total. The first-order valence-electron chi connectivity index (χ1n) is 6.18. The maximum Gasteiger partial charge on any atom is 0.248 e. The molecule has 16 heavy (non-hydrogen) atoms. The van der Waals surface area contributed by atoms with Crippen molar-refractivity contribution in [1.82, 2.24) is 4.90 Å². The van der Waals surface area contributed by atoms with Gasteiger partial charge in [-0.3, -0.25) is 4.79 Å². The van der Waals surface area contributed by atoms with E-state index in [1.807, 2.05) is 11.8 Å². The monoisotopic (exact) mass is 231 g/mol. The molecule has 2 fully saturated rings. The van der Waals surface area contributed by atoms with E-state index in [1.165, 1.54) is 0 Å². The lowest BCUT2D eigenvalue weighted by molar-refractivity contribution is -0.140. The number of likely N-dealkylation sites (tertiary alicyclic amines) is 1. The molecule has 1 saturated carbocycles. The molecule has 0 spiro atoms. The van der Waals surface area contributed by atoms with Gasteiger partial charge in [-0.15, -0.1) is 0 Å². The number of carbonyl (C=O) groups excluding carboxylic acids is 1. The van der Waals surface area contributed by atoms with Crippen molar-refractivity contribution >= 4 is 5.91 Å². The molecular formula is C12H19F2NO. The molecule has 1 unspecified atom stereocenters. The summed E-state index contributed by atoms with van der Waals surface area (Å²) in [6.07, 6.45) is 2.58. The Balaban J connectivity index is 1.91. The fraction of sp³-hybridized carbons (Fsp3) is 0.917. The highest BCUT2D eigenvalue weighted by atomic mass is 19.3. The Morgan fingerprint density at radius 1 is 1.25 bits per heavy atom. The highest BCUT2D eigenvalue weighted by Gasteiger charge is 2.39.